The molecule has 1 aliphatic rings. The van der Waals surface area contributed by atoms with Gasteiger partial charge in [0.05, 0.1) is 24.9 Å². The molecule has 2 heterocycles. The van der Waals surface area contributed by atoms with E-state index in [1.54, 1.807) is 11.3 Å². The van der Waals surface area contributed by atoms with Gasteiger partial charge in [0, 0.05) is 17.5 Å². The fourth-order valence-corrected chi connectivity index (χ4v) is 2.79. The van der Waals surface area contributed by atoms with Gasteiger partial charge in [0.2, 0.25) is 0 Å². The van der Waals surface area contributed by atoms with E-state index in [0.29, 0.717) is 0 Å². The maximum absolute atomic E-state index is 5.45. The zero-order chi connectivity index (χ0) is 11.5. The number of morpholine rings is 1. The monoisotopic (exact) mass is 246 g/mol. The van der Waals surface area contributed by atoms with Crippen molar-refractivity contribution in [3.8, 4) is 10.6 Å². The van der Waals surface area contributed by atoms with Crippen molar-refractivity contribution in [3.63, 3.8) is 0 Å². The number of ether oxygens (including phenoxy) is 1. The first-order chi connectivity index (χ1) is 8.43. The highest BCUT2D eigenvalue weighted by Gasteiger charge is 2.18. The highest BCUT2D eigenvalue weighted by atomic mass is 32.1. The molecule has 1 aromatic carbocycles. The minimum Gasteiger partial charge on any atom is -0.378 e. The zero-order valence-electron chi connectivity index (χ0n) is 9.43. The largest absolute Gasteiger partial charge is 0.378 e. The maximum atomic E-state index is 5.45. The van der Waals surface area contributed by atoms with Crippen LogP contribution in [0.4, 0.5) is 0 Å². The van der Waals surface area contributed by atoms with Crippen LogP contribution in [0.1, 0.15) is 11.7 Å². The Morgan fingerprint density at radius 3 is 2.94 bits per heavy atom. The van der Waals surface area contributed by atoms with E-state index in [4.69, 9.17) is 4.74 Å². The molecule has 1 atom stereocenters. The molecule has 0 amide bonds. The second kappa shape index (κ2) is 4.96. The van der Waals surface area contributed by atoms with Crippen molar-refractivity contribution in [2.24, 2.45) is 0 Å². The van der Waals surface area contributed by atoms with E-state index < -0.39 is 0 Å². The van der Waals surface area contributed by atoms with Crippen LogP contribution in [-0.4, -0.2) is 24.7 Å². The predicted molar refractivity (Wildman–Crippen MR) is 69.1 cm³/mol. The van der Waals surface area contributed by atoms with Crippen molar-refractivity contribution in [1.82, 2.24) is 10.3 Å². The summed E-state index contributed by atoms with van der Waals surface area (Å²) in [5, 5.41) is 6.62. The molecule has 1 N–H and O–H groups in total. The highest BCUT2D eigenvalue weighted by molar-refractivity contribution is 7.13. The Hall–Kier alpha value is -1.23. The third-order valence-electron chi connectivity index (χ3n) is 2.82. The summed E-state index contributed by atoms with van der Waals surface area (Å²) in [4.78, 5) is 4.68. The highest BCUT2D eigenvalue weighted by Crippen LogP contribution is 2.26. The number of benzene rings is 1. The number of hydrogen-bond donors (Lipinski definition) is 1. The smallest absolute Gasteiger partial charge is 0.123 e. The number of rotatable bonds is 2. The van der Waals surface area contributed by atoms with E-state index in [-0.39, 0.29) is 6.04 Å². The molecular weight excluding hydrogens is 232 g/mol. The molecule has 3 nitrogen and oxygen atoms in total. The van der Waals surface area contributed by atoms with Crippen molar-refractivity contribution in [3.05, 3.63) is 41.4 Å². The second-order valence-electron chi connectivity index (χ2n) is 4.03. The van der Waals surface area contributed by atoms with Gasteiger partial charge in [-0.2, -0.15) is 0 Å². The van der Waals surface area contributed by atoms with E-state index in [1.807, 2.05) is 18.2 Å². The van der Waals surface area contributed by atoms with Gasteiger partial charge in [0.1, 0.15) is 5.01 Å². The summed E-state index contributed by atoms with van der Waals surface area (Å²) >= 11 is 1.69. The Morgan fingerprint density at radius 2 is 2.18 bits per heavy atom. The normalized spacial score (nSPS) is 20.4. The maximum Gasteiger partial charge on any atom is 0.123 e. The lowest BCUT2D eigenvalue weighted by atomic mass is 10.2. The van der Waals surface area contributed by atoms with E-state index in [9.17, 15) is 0 Å². The third kappa shape index (κ3) is 2.39. The molecule has 88 valence electrons. The number of hydrogen-bond acceptors (Lipinski definition) is 4. The Morgan fingerprint density at radius 1 is 1.29 bits per heavy atom. The standard InChI is InChI=1S/C13H14N2OS/c1-2-4-10(5-3-1)13-15-12(9-17-13)11-8-16-7-6-14-11/h1-5,9,11,14H,6-8H2. The molecular formula is C13H14N2OS. The van der Waals surface area contributed by atoms with E-state index in [2.05, 4.69) is 27.8 Å². The minimum atomic E-state index is 0.248. The molecule has 1 fully saturated rings. The first-order valence-electron chi connectivity index (χ1n) is 5.75. The fourth-order valence-electron chi connectivity index (χ4n) is 1.91. The van der Waals surface area contributed by atoms with Crippen molar-refractivity contribution in [2.75, 3.05) is 19.8 Å². The minimum absolute atomic E-state index is 0.248. The Kier molecular flexibility index (Phi) is 3.18. The lowest BCUT2D eigenvalue weighted by molar-refractivity contribution is 0.0758. The van der Waals surface area contributed by atoms with Gasteiger partial charge in [-0.1, -0.05) is 30.3 Å². The molecule has 1 aliphatic heterocycles. The van der Waals surface area contributed by atoms with Crippen molar-refractivity contribution in [2.45, 2.75) is 6.04 Å². The molecule has 0 aliphatic carbocycles. The van der Waals surface area contributed by atoms with Crippen molar-refractivity contribution >= 4 is 11.3 Å². The molecule has 0 spiro atoms. The molecule has 0 bridgehead atoms. The van der Waals surface area contributed by atoms with Crippen LogP contribution in [0.3, 0.4) is 0 Å². The number of aromatic nitrogens is 1. The molecule has 1 aromatic heterocycles. The van der Waals surface area contributed by atoms with Gasteiger partial charge in [-0.3, -0.25) is 0 Å². The van der Waals surface area contributed by atoms with E-state index in [0.717, 1.165) is 30.5 Å². The summed E-state index contributed by atoms with van der Waals surface area (Å²) in [6.07, 6.45) is 0. The van der Waals surface area contributed by atoms with Gasteiger partial charge in [0.15, 0.2) is 0 Å². The van der Waals surface area contributed by atoms with Crippen LogP contribution >= 0.6 is 11.3 Å². The van der Waals surface area contributed by atoms with Crippen LogP contribution in [0.2, 0.25) is 0 Å². The van der Waals surface area contributed by atoms with Crippen LogP contribution < -0.4 is 5.32 Å². The van der Waals surface area contributed by atoms with Crippen LogP contribution in [0.25, 0.3) is 10.6 Å². The van der Waals surface area contributed by atoms with Gasteiger partial charge in [0.25, 0.3) is 0 Å². The topological polar surface area (TPSA) is 34.1 Å². The Balaban J connectivity index is 1.83. The van der Waals surface area contributed by atoms with Gasteiger partial charge in [-0.05, 0) is 0 Å². The third-order valence-corrected chi connectivity index (χ3v) is 3.73. The molecule has 2 aromatic rings. The fraction of sp³-hybridized carbons (Fsp3) is 0.308. The molecule has 0 saturated carbocycles. The SMILES string of the molecule is c1ccc(-c2nc(C3COCCN3)cs2)cc1. The quantitative estimate of drug-likeness (QED) is 0.884. The molecule has 1 unspecified atom stereocenters. The summed E-state index contributed by atoms with van der Waals surface area (Å²) in [7, 11) is 0. The van der Waals surface area contributed by atoms with Crippen LogP contribution in [0.5, 0.6) is 0 Å². The lowest BCUT2D eigenvalue weighted by Gasteiger charge is -2.21. The van der Waals surface area contributed by atoms with Crippen molar-refractivity contribution < 1.29 is 4.74 Å². The first-order valence-corrected chi connectivity index (χ1v) is 6.63. The van der Waals surface area contributed by atoms with Gasteiger partial charge >= 0.3 is 0 Å². The van der Waals surface area contributed by atoms with E-state index >= 15 is 0 Å². The van der Waals surface area contributed by atoms with Crippen LogP contribution in [0, 0.1) is 0 Å². The van der Waals surface area contributed by atoms with Crippen LogP contribution in [-0.2, 0) is 4.74 Å². The summed E-state index contributed by atoms with van der Waals surface area (Å²) in [5.41, 5.74) is 2.27. The zero-order valence-corrected chi connectivity index (χ0v) is 10.2. The Labute approximate surface area is 104 Å². The van der Waals surface area contributed by atoms with Gasteiger partial charge in [-0.25, -0.2) is 4.98 Å². The number of nitrogens with one attached hydrogen (secondary N) is 1. The summed E-state index contributed by atoms with van der Waals surface area (Å²) in [5.74, 6) is 0. The predicted octanol–water partition coefficient (Wildman–Crippen LogP) is 2.47. The van der Waals surface area contributed by atoms with E-state index in [1.165, 1.54) is 5.56 Å². The van der Waals surface area contributed by atoms with Gasteiger partial charge in [-0.15, -0.1) is 11.3 Å². The average Bonchev–Trinajstić information content (AvgIpc) is 2.90. The summed E-state index contributed by atoms with van der Waals surface area (Å²) in [6.45, 7) is 2.42. The number of thiazole rings is 1. The molecule has 17 heavy (non-hydrogen) atoms. The van der Waals surface area contributed by atoms with Crippen LogP contribution in [0.15, 0.2) is 35.7 Å². The van der Waals surface area contributed by atoms with Gasteiger partial charge < -0.3 is 10.1 Å². The average molecular weight is 246 g/mol. The Bertz CT molecular complexity index is 477. The number of nitrogens with zero attached hydrogens (tertiary/aromatic N) is 1. The molecule has 4 heteroatoms. The molecule has 1 saturated heterocycles. The summed E-state index contributed by atoms with van der Waals surface area (Å²) in [6, 6.07) is 10.5. The second-order valence-corrected chi connectivity index (χ2v) is 4.88. The van der Waals surface area contributed by atoms with Crippen molar-refractivity contribution in [1.29, 1.82) is 0 Å². The molecule has 0 radical (unpaired) electrons. The summed E-state index contributed by atoms with van der Waals surface area (Å²) < 4.78 is 5.45. The first kappa shape index (κ1) is 10.9. The molecule has 3 rings (SSSR count). The lowest BCUT2D eigenvalue weighted by Crippen LogP contribution is -2.34.